The second-order valence-corrected chi connectivity index (χ2v) is 13.0. The van der Waals surface area contributed by atoms with Crippen LogP contribution in [0.2, 0.25) is 5.02 Å². The highest BCUT2D eigenvalue weighted by atomic mass is 79.9. The van der Waals surface area contributed by atoms with Crippen LogP contribution in [0.15, 0.2) is 57.6 Å². The van der Waals surface area contributed by atoms with Gasteiger partial charge in [-0.05, 0) is 101 Å². The first-order valence-electron chi connectivity index (χ1n) is 13.7. The summed E-state index contributed by atoms with van der Waals surface area (Å²) in [7, 11) is 0. The summed E-state index contributed by atoms with van der Waals surface area (Å²) >= 11 is 13.9. The van der Waals surface area contributed by atoms with Gasteiger partial charge in [0.1, 0.15) is 0 Å². The number of likely N-dealkylation sites (tertiary alicyclic amines) is 1. The first-order chi connectivity index (χ1) is 19.3. The van der Waals surface area contributed by atoms with Crippen molar-refractivity contribution in [2.75, 3.05) is 19.6 Å². The number of aromatic nitrogens is 1. The molecule has 3 amide bonds. The number of rotatable bonds is 5. The normalized spacial score (nSPS) is 18.8. The largest absolute Gasteiger partial charge is 0.343 e. The molecule has 0 spiro atoms. The Kier molecular flexibility index (Phi) is 7.85. The van der Waals surface area contributed by atoms with E-state index in [1.807, 2.05) is 17.2 Å². The third kappa shape index (κ3) is 5.14. The number of hydrogen-bond acceptors (Lipinski definition) is 4. The minimum atomic E-state index is -0.272. The van der Waals surface area contributed by atoms with Gasteiger partial charge in [0, 0.05) is 52.1 Å². The molecule has 0 radical (unpaired) electrons. The van der Waals surface area contributed by atoms with Crippen LogP contribution >= 0.6 is 43.5 Å². The zero-order chi connectivity index (χ0) is 28.0. The molecule has 0 bridgehead atoms. The fourth-order valence-corrected chi connectivity index (χ4v) is 8.00. The Morgan fingerprint density at radius 1 is 0.975 bits per heavy atom. The Morgan fingerprint density at radius 2 is 1.65 bits per heavy atom. The van der Waals surface area contributed by atoms with Gasteiger partial charge in [-0.2, -0.15) is 0 Å². The van der Waals surface area contributed by atoms with Crippen molar-refractivity contribution in [1.29, 1.82) is 0 Å². The van der Waals surface area contributed by atoms with Crippen molar-refractivity contribution < 1.29 is 14.4 Å². The highest BCUT2D eigenvalue weighted by Gasteiger charge is 2.37. The molecule has 1 aromatic heterocycles. The van der Waals surface area contributed by atoms with Gasteiger partial charge in [-0.1, -0.05) is 39.7 Å². The minimum Gasteiger partial charge on any atom is -0.343 e. The Balaban J connectivity index is 1.12. The molecule has 1 saturated heterocycles. The van der Waals surface area contributed by atoms with E-state index in [9.17, 15) is 14.4 Å². The Hall–Kier alpha value is -2.55. The third-order valence-corrected chi connectivity index (χ3v) is 9.74. The molecular weight excluding hydrogens is 658 g/mol. The van der Waals surface area contributed by atoms with E-state index >= 15 is 0 Å². The van der Waals surface area contributed by atoms with Gasteiger partial charge in [-0.3, -0.25) is 24.3 Å². The lowest BCUT2D eigenvalue weighted by Gasteiger charge is -2.37. The minimum absolute atomic E-state index is 0.0757. The fraction of sp³-hybridized carbons (Fsp3) is 0.355. The fourth-order valence-electron chi connectivity index (χ4n) is 6.50. The van der Waals surface area contributed by atoms with Crippen molar-refractivity contribution in [2.24, 2.45) is 5.92 Å². The van der Waals surface area contributed by atoms with Crippen LogP contribution in [-0.4, -0.2) is 52.1 Å². The van der Waals surface area contributed by atoms with Crippen molar-refractivity contribution >= 4 is 61.2 Å². The molecule has 3 heterocycles. The third-order valence-electron chi connectivity index (χ3n) is 8.43. The average Bonchev–Trinajstić information content (AvgIpc) is 3.08. The second kappa shape index (κ2) is 11.4. The summed E-state index contributed by atoms with van der Waals surface area (Å²) in [5, 5.41) is 0.728. The number of benzene rings is 2. The molecule has 1 unspecified atom stereocenters. The number of hydrogen-bond donors (Lipinski definition) is 0. The second-order valence-electron chi connectivity index (χ2n) is 10.8. The number of carbonyl (C=O) groups is 3. The number of halogens is 3. The summed E-state index contributed by atoms with van der Waals surface area (Å²) in [6.45, 7) is 1.61. The zero-order valence-corrected chi connectivity index (χ0v) is 25.8. The number of pyridine rings is 1. The van der Waals surface area contributed by atoms with Crippen molar-refractivity contribution in [3.05, 3.63) is 96.1 Å². The Labute approximate surface area is 255 Å². The van der Waals surface area contributed by atoms with Crippen molar-refractivity contribution in [3.8, 4) is 0 Å². The lowest BCUT2D eigenvalue weighted by Crippen LogP contribution is -2.40. The topological polar surface area (TPSA) is 70.6 Å². The molecule has 6 rings (SSSR count). The number of amides is 3. The van der Waals surface area contributed by atoms with E-state index in [1.165, 1.54) is 21.6 Å². The average molecular weight is 686 g/mol. The van der Waals surface area contributed by atoms with Crippen LogP contribution in [0.4, 0.5) is 0 Å². The van der Waals surface area contributed by atoms with E-state index in [-0.39, 0.29) is 30.2 Å². The molecular formula is C31H28Br2ClN3O3. The highest BCUT2D eigenvalue weighted by molar-refractivity contribution is 9.10. The first kappa shape index (κ1) is 27.6. The molecule has 40 heavy (non-hydrogen) atoms. The van der Waals surface area contributed by atoms with Gasteiger partial charge in [-0.25, -0.2) is 0 Å². The van der Waals surface area contributed by atoms with Gasteiger partial charge in [0.15, 0.2) is 0 Å². The molecule has 2 aromatic carbocycles. The maximum Gasteiger partial charge on any atom is 0.261 e. The van der Waals surface area contributed by atoms with Crippen molar-refractivity contribution in [3.63, 3.8) is 0 Å². The standard InChI is InChI=1S/C31H28Br2ClN3O3/c32-21-14-20-8-7-19-15-22(34)16-25(33)27(19)28(29(20)35-17-21)18-9-12-36(13-10-18)26(38)6-3-11-37-30(39)23-4-1-2-5-24(23)31(37)40/h1-2,4-5,14-18,28H,3,6-13H2. The van der Waals surface area contributed by atoms with E-state index in [0.717, 1.165) is 45.3 Å². The van der Waals surface area contributed by atoms with Gasteiger partial charge in [0.2, 0.25) is 5.91 Å². The predicted octanol–water partition coefficient (Wildman–Crippen LogP) is 6.81. The molecule has 206 valence electrons. The molecule has 1 aliphatic carbocycles. The molecule has 3 aromatic rings. The number of carbonyl (C=O) groups excluding carboxylic acids is 3. The lowest BCUT2D eigenvalue weighted by atomic mass is 9.76. The van der Waals surface area contributed by atoms with Crippen LogP contribution < -0.4 is 0 Å². The van der Waals surface area contributed by atoms with Crippen molar-refractivity contribution in [1.82, 2.24) is 14.8 Å². The molecule has 1 fully saturated rings. The number of piperidine rings is 1. The molecule has 1 atom stereocenters. The molecule has 2 aliphatic heterocycles. The molecule has 6 nitrogen and oxygen atoms in total. The summed E-state index contributed by atoms with van der Waals surface area (Å²) in [6.07, 6.45) is 6.21. The summed E-state index contributed by atoms with van der Waals surface area (Å²) in [4.78, 5) is 46.5. The molecule has 0 N–H and O–H groups in total. The smallest absolute Gasteiger partial charge is 0.261 e. The monoisotopic (exact) mass is 683 g/mol. The number of nitrogens with zero attached hydrogens (tertiary/aromatic N) is 3. The lowest BCUT2D eigenvalue weighted by molar-refractivity contribution is -0.132. The molecule has 9 heteroatoms. The van der Waals surface area contributed by atoms with E-state index in [2.05, 4.69) is 44.0 Å². The van der Waals surface area contributed by atoms with Crippen LogP contribution in [0.25, 0.3) is 0 Å². The summed E-state index contributed by atoms with van der Waals surface area (Å²) < 4.78 is 2.00. The number of imide groups is 1. The van der Waals surface area contributed by atoms with Crippen LogP contribution in [0, 0.1) is 5.92 Å². The van der Waals surface area contributed by atoms with E-state index in [4.69, 9.17) is 16.6 Å². The highest BCUT2D eigenvalue weighted by Crippen LogP contribution is 2.46. The van der Waals surface area contributed by atoms with Crippen LogP contribution in [0.5, 0.6) is 0 Å². The van der Waals surface area contributed by atoms with Crippen LogP contribution in [0.1, 0.15) is 74.7 Å². The quantitative estimate of drug-likeness (QED) is 0.277. The van der Waals surface area contributed by atoms with Gasteiger partial charge in [-0.15, -0.1) is 0 Å². The van der Waals surface area contributed by atoms with E-state index < -0.39 is 0 Å². The van der Waals surface area contributed by atoms with E-state index in [1.54, 1.807) is 24.3 Å². The van der Waals surface area contributed by atoms with Gasteiger partial charge < -0.3 is 4.90 Å². The van der Waals surface area contributed by atoms with Crippen LogP contribution in [-0.2, 0) is 17.6 Å². The summed E-state index contributed by atoms with van der Waals surface area (Å²) in [5.41, 5.74) is 5.78. The number of aryl methyl sites for hydroxylation is 2. The van der Waals surface area contributed by atoms with Gasteiger partial charge >= 0.3 is 0 Å². The Bertz CT molecular complexity index is 1480. The SMILES string of the molecule is O=C(CCCN1C(=O)c2ccccc2C1=O)N1CCC(C2c3ncc(Br)cc3CCc3cc(Cl)cc(Br)c32)CC1. The van der Waals surface area contributed by atoms with Crippen molar-refractivity contribution in [2.45, 2.75) is 44.4 Å². The first-order valence-corrected chi connectivity index (χ1v) is 15.6. The van der Waals surface area contributed by atoms with Gasteiger partial charge in [0.05, 0.1) is 16.8 Å². The zero-order valence-electron chi connectivity index (χ0n) is 21.8. The van der Waals surface area contributed by atoms with E-state index in [0.29, 0.717) is 43.0 Å². The summed E-state index contributed by atoms with van der Waals surface area (Å²) in [6, 6.07) is 13.1. The van der Waals surface area contributed by atoms with Gasteiger partial charge in [0.25, 0.3) is 11.8 Å². The molecule has 0 saturated carbocycles. The maximum atomic E-state index is 13.1. The Morgan fingerprint density at radius 3 is 2.35 bits per heavy atom. The molecule has 3 aliphatic rings. The predicted molar refractivity (Wildman–Crippen MR) is 161 cm³/mol. The van der Waals surface area contributed by atoms with Crippen LogP contribution in [0.3, 0.4) is 0 Å². The number of fused-ring (bicyclic) bond motifs is 3. The summed E-state index contributed by atoms with van der Waals surface area (Å²) in [5.74, 6) is -0.00830. The maximum absolute atomic E-state index is 13.1.